The number of benzene rings is 1. The lowest BCUT2D eigenvalue weighted by atomic mass is 9.90. The van der Waals surface area contributed by atoms with E-state index >= 15 is 0 Å². The summed E-state index contributed by atoms with van der Waals surface area (Å²) in [6.07, 6.45) is 6.93. The fraction of sp³-hybridized carbons (Fsp3) is 0.524. The molecule has 0 radical (unpaired) electrons. The van der Waals surface area contributed by atoms with Gasteiger partial charge in [-0.25, -0.2) is 13.4 Å². The molecule has 1 aromatic carbocycles. The van der Waals surface area contributed by atoms with E-state index in [0.29, 0.717) is 18.2 Å². The molecule has 1 saturated carbocycles. The first-order valence-electron chi connectivity index (χ1n) is 10.0. The summed E-state index contributed by atoms with van der Waals surface area (Å²) in [4.78, 5) is 18.9. The maximum Gasteiger partial charge on any atom is 0.228 e. The largest absolute Gasteiger partial charge is 0.312 e. The standard InChI is InChI=1S/C21H26N2O3S2/c24-20(23-12-10-16-6-4-5-9-19(16)23)11-13-28(25,26)15-18-14-27-21(22-18)17-7-2-1-3-8-17/h4-6,9,14,17H,1-3,7-8,10-13,15H2. The number of thiazole rings is 1. The lowest BCUT2D eigenvalue weighted by molar-refractivity contribution is -0.118. The summed E-state index contributed by atoms with van der Waals surface area (Å²) in [6, 6.07) is 7.82. The van der Waals surface area contributed by atoms with Crippen LogP contribution in [-0.4, -0.2) is 31.6 Å². The summed E-state index contributed by atoms with van der Waals surface area (Å²) >= 11 is 1.58. The van der Waals surface area contributed by atoms with E-state index in [4.69, 9.17) is 0 Å². The van der Waals surface area contributed by atoms with Crippen LogP contribution in [-0.2, 0) is 26.8 Å². The molecule has 0 unspecified atom stereocenters. The van der Waals surface area contributed by atoms with Crippen molar-refractivity contribution >= 4 is 32.8 Å². The first-order valence-corrected chi connectivity index (χ1v) is 12.7. The average molecular weight is 419 g/mol. The molecule has 0 saturated heterocycles. The predicted molar refractivity (Wildman–Crippen MR) is 113 cm³/mol. The number of carbonyl (C=O) groups excluding carboxylic acids is 1. The molecule has 2 aliphatic rings. The summed E-state index contributed by atoms with van der Waals surface area (Å²) in [5.41, 5.74) is 2.70. The lowest BCUT2D eigenvalue weighted by Crippen LogP contribution is -2.30. The minimum atomic E-state index is -3.36. The van der Waals surface area contributed by atoms with Gasteiger partial charge in [-0.15, -0.1) is 11.3 Å². The van der Waals surface area contributed by atoms with E-state index in [-0.39, 0.29) is 23.8 Å². The molecule has 7 heteroatoms. The highest BCUT2D eigenvalue weighted by molar-refractivity contribution is 7.90. The number of carbonyl (C=O) groups is 1. The van der Waals surface area contributed by atoms with Crippen molar-refractivity contribution in [3.63, 3.8) is 0 Å². The molecule has 2 heterocycles. The van der Waals surface area contributed by atoms with Gasteiger partial charge in [0.1, 0.15) is 0 Å². The second-order valence-electron chi connectivity index (χ2n) is 7.78. The van der Waals surface area contributed by atoms with Crippen molar-refractivity contribution in [3.8, 4) is 0 Å². The predicted octanol–water partition coefficient (Wildman–Crippen LogP) is 4.09. The number of aromatic nitrogens is 1. The van der Waals surface area contributed by atoms with Crippen molar-refractivity contribution in [2.75, 3.05) is 17.2 Å². The lowest BCUT2D eigenvalue weighted by Gasteiger charge is -2.18. The molecule has 1 aliphatic heterocycles. The number of sulfone groups is 1. The first-order chi connectivity index (χ1) is 13.5. The molecule has 1 aromatic heterocycles. The summed E-state index contributed by atoms with van der Waals surface area (Å²) in [5, 5.41) is 2.95. The SMILES string of the molecule is O=C(CCS(=O)(=O)Cc1csc(C2CCCCC2)n1)N1CCc2ccccc21. The van der Waals surface area contributed by atoms with Crippen LogP contribution in [0, 0.1) is 0 Å². The summed E-state index contributed by atoms with van der Waals surface area (Å²) in [5.74, 6) is 0.183. The van der Waals surface area contributed by atoms with Crippen LogP contribution in [0.5, 0.6) is 0 Å². The molecule has 1 aliphatic carbocycles. The minimum Gasteiger partial charge on any atom is -0.312 e. The average Bonchev–Trinajstić information content (AvgIpc) is 3.34. The molecule has 28 heavy (non-hydrogen) atoms. The summed E-state index contributed by atoms with van der Waals surface area (Å²) in [7, 11) is -3.36. The Kier molecular flexibility index (Phi) is 5.83. The number of anilines is 1. The van der Waals surface area contributed by atoms with E-state index in [1.807, 2.05) is 29.6 Å². The van der Waals surface area contributed by atoms with Gasteiger partial charge in [-0.2, -0.15) is 0 Å². The molecular weight excluding hydrogens is 392 g/mol. The molecule has 4 rings (SSSR count). The topological polar surface area (TPSA) is 67.3 Å². The smallest absolute Gasteiger partial charge is 0.228 e. The fourth-order valence-corrected chi connectivity index (χ4v) is 6.52. The molecule has 150 valence electrons. The Morgan fingerprint density at radius 3 is 2.79 bits per heavy atom. The molecule has 0 spiro atoms. The van der Waals surface area contributed by atoms with Crippen LogP contribution in [0.4, 0.5) is 5.69 Å². The van der Waals surface area contributed by atoms with Crippen molar-refractivity contribution in [1.29, 1.82) is 0 Å². The molecule has 2 aromatic rings. The third-order valence-electron chi connectivity index (χ3n) is 5.71. The number of para-hydroxylation sites is 1. The minimum absolute atomic E-state index is 0.0241. The third-order valence-corrected chi connectivity index (χ3v) is 8.32. The van der Waals surface area contributed by atoms with E-state index in [1.54, 1.807) is 16.2 Å². The zero-order valence-electron chi connectivity index (χ0n) is 16.0. The van der Waals surface area contributed by atoms with Gasteiger partial charge >= 0.3 is 0 Å². The van der Waals surface area contributed by atoms with Crippen molar-refractivity contribution in [2.24, 2.45) is 0 Å². The van der Waals surface area contributed by atoms with Crippen molar-refractivity contribution in [2.45, 2.75) is 56.6 Å². The van der Waals surface area contributed by atoms with Crippen LogP contribution in [0.3, 0.4) is 0 Å². The van der Waals surface area contributed by atoms with Crippen molar-refractivity contribution in [1.82, 2.24) is 4.98 Å². The number of rotatable bonds is 6. The van der Waals surface area contributed by atoms with Gasteiger partial charge in [0.15, 0.2) is 9.84 Å². The molecule has 1 amide bonds. The highest BCUT2D eigenvalue weighted by Crippen LogP contribution is 2.34. The Labute approximate surface area is 170 Å². The van der Waals surface area contributed by atoms with Crippen LogP contribution in [0.2, 0.25) is 0 Å². The van der Waals surface area contributed by atoms with Gasteiger partial charge in [0.05, 0.1) is 22.2 Å². The van der Waals surface area contributed by atoms with Gasteiger partial charge in [0, 0.05) is 30.0 Å². The normalized spacial score (nSPS) is 17.6. The molecule has 5 nitrogen and oxygen atoms in total. The second-order valence-corrected chi connectivity index (χ2v) is 10.9. The molecule has 0 atom stereocenters. The van der Waals surface area contributed by atoms with E-state index in [2.05, 4.69) is 4.98 Å². The highest BCUT2D eigenvalue weighted by Gasteiger charge is 2.26. The quantitative estimate of drug-likeness (QED) is 0.709. The Bertz CT molecular complexity index is 946. The van der Waals surface area contributed by atoms with Crippen molar-refractivity contribution in [3.05, 3.63) is 45.9 Å². The highest BCUT2D eigenvalue weighted by atomic mass is 32.2. The van der Waals surface area contributed by atoms with Crippen molar-refractivity contribution < 1.29 is 13.2 Å². The van der Waals surface area contributed by atoms with E-state index < -0.39 is 9.84 Å². The van der Waals surface area contributed by atoms with Crippen LogP contribution >= 0.6 is 11.3 Å². The maximum atomic E-state index is 12.6. The van der Waals surface area contributed by atoms with Gasteiger partial charge in [-0.3, -0.25) is 4.79 Å². The van der Waals surface area contributed by atoms with Gasteiger partial charge in [-0.1, -0.05) is 37.5 Å². The summed E-state index contributed by atoms with van der Waals surface area (Å²) < 4.78 is 25.1. The van der Waals surface area contributed by atoms with Gasteiger partial charge in [0.25, 0.3) is 0 Å². The van der Waals surface area contributed by atoms with Gasteiger partial charge < -0.3 is 4.90 Å². The zero-order chi connectivity index (χ0) is 19.6. The fourth-order valence-electron chi connectivity index (χ4n) is 4.20. The Morgan fingerprint density at radius 2 is 1.96 bits per heavy atom. The number of hydrogen-bond acceptors (Lipinski definition) is 5. The molecule has 0 N–H and O–H groups in total. The number of nitrogens with zero attached hydrogens (tertiary/aromatic N) is 2. The van der Waals surface area contributed by atoms with E-state index in [0.717, 1.165) is 35.5 Å². The number of hydrogen-bond donors (Lipinski definition) is 0. The van der Waals surface area contributed by atoms with E-state index in [1.165, 1.54) is 19.3 Å². The van der Waals surface area contributed by atoms with Gasteiger partial charge in [0.2, 0.25) is 5.91 Å². The Morgan fingerprint density at radius 1 is 1.18 bits per heavy atom. The number of fused-ring (bicyclic) bond motifs is 1. The van der Waals surface area contributed by atoms with Crippen LogP contribution in [0.25, 0.3) is 0 Å². The Hall–Kier alpha value is -1.73. The Balaban J connectivity index is 1.33. The second kappa shape index (κ2) is 8.33. The molecular formula is C21H26N2O3S2. The third kappa shape index (κ3) is 4.46. The van der Waals surface area contributed by atoms with Gasteiger partial charge in [-0.05, 0) is 30.9 Å². The van der Waals surface area contributed by atoms with E-state index in [9.17, 15) is 13.2 Å². The zero-order valence-corrected chi connectivity index (χ0v) is 17.6. The maximum absolute atomic E-state index is 12.6. The number of amides is 1. The monoisotopic (exact) mass is 418 g/mol. The van der Waals surface area contributed by atoms with Crippen LogP contribution in [0.1, 0.15) is 60.7 Å². The van der Waals surface area contributed by atoms with Crippen LogP contribution < -0.4 is 4.90 Å². The van der Waals surface area contributed by atoms with Crippen LogP contribution in [0.15, 0.2) is 29.6 Å². The summed E-state index contributed by atoms with van der Waals surface area (Å²) in [6.45, 7) is 0.634. The molecule has 1 fully saturated rings. The molecule has 0 bridgehead atoms. The first kappa shape index (κ1) is 19.6.